The molecule has 1 saturated heterocycles. The molecule has 178 valence electrons. The van der Waals surface area contributed by atoms with Gasteiger partial charge in [-0.2, -0.15) is 0 Å². The Morgan fingerprint density at radius 2 is 1.47 bits per heavy atom. The zero-order valence-corrected chi connectivity index (χ0v) is 19.6. The molecule has 0 unspecified atom stereocenters. The molecule has 0 bridgehead atoms. The molecule has 0 radical (unpaired) electrons. The van der Waals surface area contributed by atoms with Gasteiger partial charge in [0.1, 0.15) is 0 Å². The molecule has 4 rings (SSSR count). The van der Waals surface area contributed by atoms with E-state index >= 15 is 0 Å². The number of halogens is 2. The van der Waals surface area contributed by atoms with Gasteiger partial charge in [-0.15, -0.1) is 0 Å². The van der Waals surface area contributed by atoms with E-state index in [4.69, 9.17) is 9.47 Å². The number of benzene rings is 1. The third-order valence-corrected chi connectivity index (χ3v) is 8.18. The second kappa shape index (κ2) is 11.7. The van der Waals surface area contributed by atoms with Crippen molar-refractivity contribution in [2.75, 3.05) is 13.2 Å². The predicted octanol–water partition coefficient (Wildman–Crippen LogP) is 7.47. The third kappa shape index (κ3) is 6.41. The summed E-state index contributed by atoms with van der Waals surface area (Å²) in [5.41, 5.74) is 0.921. The number of allylic oxidation sites excluding steroid dienone is 1. The van der Waals surface area contributed by atoms with Gasteiger partial charge < -0.3 is 9.47 Å². The fourth-order valence-corrected chi connectivity index (χ4v) is 6.15. The third-order valence-electron chi connectivity index (χ3n) is 8.18. The molecule has 4 heteroatoms. The summed E-state index contributed by atoms with van der Waals surface area (Å²) in [4.78, 5) is 0. The van der Waals surface area contributed by atoms with E-state index in [2.05, 4.69) is 19.1 Å². The Bertz CT molecular complexity index is 725. The standard InChI is InChI=1S/C28H40F2O2/c1-2-3-4-22-18-31-28(32-19-22)25-14-12-24(13-15-25)23-10-7-20(8-11-23)5-6-21-9-16-26(29)27(30)17-21/h3-4,9,16-17,20,22-25,28H,2,5-8,10-15,18-19H2,1H3. The summed E-state index contributed by atoms with van der Waals surface area (Å²) >= 11 is 0. The largest absolute Gasteiger partial charge is 0.352 e. The van der Waals surface area contributed by atoms with Crippen LogP contribution in [0.15, 0.2) is 30.4 Å². The van der Waals surface area contributed by atoms with E-state index in [-0.39, 0.29) is 6.29 Å². The lowest BCUT2D eigenvalue weighted by molar-refractivity contribution is -0.223. The van der Waals surface area contributed by atoms with Crippen molar-refractivity contribution in [1.82, 2.24) is 0 Å². The fourth-order valence-electron chi connectivity index (χ4n) is 6.15. The summed E-state index contributed by atoms with van der Waals surface area (Å²) in [5.74, 6) is 1.97. The van der Waals surface area contributed by atoms with Crippen molar-refractivity contribution in [3.8, 4) is 0 Å². The normalized spacial score (nSPS) is 34.1. The molecule has 3 aliphatic rings. The van der Waals surface area contributed by atoms with Crippen molar-refractivity contribution in [2.45, 2.75) is 83.8 Å². The Morgan fingerprint density at radius 1 is 0.844 bits per heavy atom. The minimum absolute atomic E-state index is 0.00858. The van der Waals surface area contributed by atoms with Crippen LogP contribution in [-0.4, -0.2) is 19.5 Å². The van der Waals surface area contributed by atoms with E-state index in [1.807, 2.05) is 0 Å². The molecular formula is C28H40F2O2. The molecule has 1 heterocycles. The highest BCUT2D eigenvalue weighted by Gasteiger charge is 2.35. The fraction of sp³-hybridized carbons (Fsp3) is 0.714. The molecule has 32 heavy (non-hydrogen) atoms. The molecule has 2 nitrogen and oxygen atoms in total. The molecule has 0 aromatic heterocycles. The summed E-state index contributed by atoms with van der Waals surface area (Å²) in [6, 6.07) is 4.34. The number of hydrogen-bond donors (Lipinski definition) is 0. The van der Waals surface area contributed by atoms with E-state index in [1.165, 1.54) is 63.5 Å². The zero-order chi connectivity index (χ0) is 22.3. The Hall–Kier alpha value is -1.26. The number of aryl methyl sites for hydroxylation is 1. The highest BCUT2D eigenvalue weighted by molar-refractivity contribution is 5.17. The summed E-state index contributed by atoms with van der Waals surface area (Å²) in [6.07, 6.45) is 17.8. The van der Waals surface area contributed by atoms with Gasteiger partial charge in [0.2, 0.25) is 0 Å². The quantitative estimate of drug-likeness (QED) is 0.405. The molecule has 0 spiro atoms. The number of ether oxygens (including phenoxy) is 2. The lowest BCUT2D eigenvalue weighted by Crippen LogP contribution is -2.38. The van der Waals surface area contributed by atoms with Crippen LogP contribution < -0.4 is 0 Å². The predicted molar refractivity (Wildman–Crippen MR) is 124 cm³/mol. The van der Waals surface area contributed by atoms with E-state index in [0.717, 1.165) is 55.8 Å². The minimum atomic E-state index is -0.751. The van der Waals surface area contributed by atoms with Crippen LogP contribution in [0.25, 0.3) is 0 Å². The zero-order valence-electron chi connectivity index (χ0n) is 19.6. The second-order valence-electron chi connectivity index (χ2n) is 10.4. The Morgan fingerprint density at radius 3 is 2.09 bits per heavy atom. The van der Waals surface area contributed by atoms with Crippen molar-refractivity contribution < 1.29 is 18.3 Å². The molecule has 2 saturated carbocycles. The Labute approximate surface area is 192 Å². The first-order valence-corrected chi connectivity index (χ1v) is 13.0. The summed E-state index contributed by atoms with van der Waals surface area (Å²) < 4.78 is 38.7. The SMILES string of the molecule is CCC=CC1COC(C2CCC(C3CCC(CCc4ccc(F)c(F)c4)CC3)CC2)OC1. The van der Waals surface area contributed by atoms with E-state index in [0.29, 0.717) is 11.8 Å². The van der Waals surface area contributed by atoms with Gasteiger partial charge in [-0.3, -0.25) is 0 Å². The lowest BCUT2D eigenvalue weighted by atomic mass is 9.68. The van der Waals surface area contributed by atoms with Crippen LogP contribution in [0.5, 0.6) is 0 Å². The van der Waals surface area contributed by atoms with Crippen LogP contribution in [-0.2, 0) is 15.9 Å². The molecule has 0 atom stereocenters. The van der Waals surface area contributed by atoms with Gasteiger partial charge >= 0.3 is 0 Å². The first-order valence-electron chi connectivity index (χ1n) is 13.0. The topological polar surface area (TPSA) is 18.5 Å². The molecular weight excluding hydrogens is 406 g/mol. The molecule has 1 aromatic rings. The van der Waals surface area contributed by atoms with Crippen LogP contribution in [0.4, 0.5) is 8.78 Å². The van der Waals surface area contributed by atoms with Gasteiger partial charge in [-0.25, -0.2) is 8.78 Å². The lowest BCUT2D eigenvalue weighted by Gasteiger charge is -2.40. The summed E-state index contributed by atoms with van der Waals surface area (Å²) in [6.45, 7) is 3.76. The van der Waals surface area contributed by atoms with E-state index in [9.17, 15) is 8.78 Å². The van der Waals surface area contributed by atoms with Gasteiger partial charge in [-0.05, 0) is 93.2 Å². The van der Waals surface area contributed by atoms with Crippen molar-refractivity contribution >= 4 is 0 Å². The van der Waals surface area contributed by atoms with E-state index in [1.54, 1.807) is 6.07 Å². The maximum absolute atomic E-state index is 13.4. The Kier molecular flexibility index (Phi) is 8.76. The highest BCUT2D eigenvalue weighted by Crippen LogP contribution is 2.43. The second-order valence-corrected chi connectivity index (χ2v) is 10.4. The van der Waals surface area contributed by atoms with Crippen molar-refractivity contribution in [2.24, 2.45) is 29.6 Å². The van der Waals surface area contributed by atoms with Gasteiger partial charge in [0.25, 0.3) is 0 Å². The average Bonchev–Trinajstić information content (AvgIpc) is 2.84. The Balaban J connectivity index is 1.14. The van der Waals surface area contributed by atoms with Crippen LogP contribution in [0.1, 0.15) is 76.7 Å². The monoisotopic (exact) mass is 446 g/mol. The minimum Gasteiger partial charge on any atom is -0.352 e. The van der Waals surface area contributed by atoms with Crippen molar-refractivity contribution in [3.05, 3.63) is 47.5 Å². The molecule has 0 amide bonds. The summed E-state index contributed by atoms with van der Waals surface area (Å²) in [7, 11) is 0. The first kappa shape index (κ1) is 23.9. The smallest absolute Gasteiger partial charge is 0.160 e. The van der Waals surface area contributed by atoms with E-state index < -0.39 is 11.6 Å². The van der Waals surface area contributed by atoms with Crippen molar-refractivity contribution in [1.29, 1.82) is 0 Å². The van der Waals surface area contributed by atoms with Crippen LogP contribution >= 0.6 is 0 Å². The maximum Gasteiger partial charge on any atom is 0.160 e. The molecule has 1 aromatic carbocycles. The highest BCUT2D eigenvalue weighted by atomic mass is 19.2. The number of rotatable bonds is 7. The van der Waals surface area contributed by atoms with Gasteiger partial charge in [-0.1, -0.05) is 38.0 Å². The van der Waals surface area contributed by atoms with Gasteiger partial charge in [0.05, 0.1) is 13.2 Å². The van der Waals surface area contributed by atoms with Gasteiger partial charge in [0, 0.05) is 11.8 Å². The summed E-state index contributed by atoms with van der Waals surface area (Å²) in [5, 5.41) is 0. The number of hydrogen-bond acceptors (Lipinski definition) is 2. The molecule has 1 aliphatic heterocycles. The molecule has 0 N–H and O–H groups in total. The average molecular weight is 447 g/mol. The van der Waals surface area contributed by atoms with Gasteiger partial charge in [0.15, 0.2) is 17.9 Å². The maximum atomic E-state index is 13.4. The molecule has 2 aliphatic carbocycles. The first-order chi connectivity index (χ1) is 15.6. The van der Waals surface area contributed by atoms with Crippen LogP contribution in [0, 0.1) is 41.2 Å². The van der Waals surface area contributed by atoms with Crippen LogP contribution in [0.3, 0.4) is 0 Å². The molecule has 3 fully saturated rings. The van der Waals surface area contributed by atoms with Crippen molar-refractivity contribution in [3.63, 3.8) is 0 Å². The van der Waals surface area contributed by atoms with Crippen LogP contribution in [0.2, 0.25) is 0 Å².